The summed E-state index contributed by atoms with van der Waals surface area (Å²) < 4.78 is 0. The van der Waals surface area contributed by atoms with Crippen LogP contribution in [0.5, 0.6) is 0 Å². The van der Waals surface area contributed by atoms with Gasteiger partial charge in [0.2, 0.25) is 0 Å². The molecule has 0 saturated heterocycles. The maximum absolute atomic E-state index is 11.1. The first kappa shape index (κ1) is 14.3. The number of hydrogen-bond acceptors (Lipinski definition) is 4. The molecule has 1 aliphatic carbocycles. The molecule has 15 heavy (non-hydrogen) atoms. The summed E-state index contributed by atoms with van der Waals surface area (Å²) in [6, 6.07) is 0. The van der Waals surface area contributed by atoms with Crippen molar-refractivity contribution in [2.75, 3.05) is 0 Å². The Morgan fingerprint density at radius 1 is 1.00 bits per heavy atom. The number of aliphatic carboxylic acids is 2. The predicted octanol–water partition coefficient (Wildman–Crippen LogP) is -3.56. The van der Waals surface area contributed by atoms with Gasteiger partial charge >= 0.3 is 41.5 Å². The van der Waals surface area contributed by atoms with E-state index in [4.69, 9.17) is 10.2 Å². The van der Waals surface area contributed by atoms with E-state index >= 15 is 0 Å². The molecule has 0 amide bonds. The van der Waals surface area contributed by atoms with Crippen LogP contribution in [0.4, 0.5) is 0 Å². The Morgan fingerprint density at radius 3 is 1.47 bits per heavy atom. The third-order valence-electron chi connectivity index (χ3n) is 2.18. The van der Waals surface area contributed by atoms with Gasteiger partial charge in [0.15, 0.2) is 0 Å². The van der Waals surface area contributed by atoms with Crippen molar-refractivity contribution in [2.45, 2.75) is 12.8 Å². The molecule has 0 radical (unpaired) electrons. The smallest absolute Gasteiger partial charge is 1.00 e. The van der Waals surface area contributed by atoms with Gasteiger partial charge < -0.3 is 11.6 Å². The van der Waals surface area contributed by atoms with Gasteiger partial charge in [0.05, 0.1) is 0 Å². The summed E-state index contributed by atoms with van der Waals surface area (Å²) >= 11 is 0. The zero-order valence-corrected chi connectivity index (χ0v) is 10.1. The second-order valence-electron chi connectivity index (χ2n) is 3.12. The molecule has 0 bridgehead atoms. The van der Waals surface area contributed by atoms with Crippen molar-refractivity contribution in [3.05, 3.63) is 0 Å². The number of Topliss-reactive ketones (excluding diaryl/α,β-unsaturated/α-hetero) is 2. The number of carbonyl (C=O) groups is 4. The van der Waals surface area contributed by atoms with E-state index in [-0.39, 0.29) is 31.0 Å². The van der Waals surface area contributed by atoms with E-state index in [0.29, 0.717) is 0 Å². The largest absolute Gasteiger partial charge is 1.00 e. The standard InChI is InChI=1S/C8H8O6.Na.H/c9-5-1-3(7(11)12)6(10)2-4(5)8(13)14;;/h3-4H,1-2H2,(H,11,12)(H,13,14);;/q;+1;-1. The maximum Gasteiger partial charge on any atom is 1.00 e. The minimum atomic E-state index is -1.37. The average molecular weight is 224 g/mol. The van der Waals surface area contributed by atoms with Gasteiger partial charge in [0, 0.05) is 12.8 Å². The number of carboxylic acid groups (broad SMARTS) is 2. The van der Waals surface area contributed by atoms with Gasteiger partial charge in [-0.25, -0.2) is 0 Å². The summed E-state index contributed by atoms with van der Waals surface area (Å²) in [5, 5.41) is 17.1. The van der Waals surface area contributed by atoms with Crippen molar-refractivity contribution < 1.29 is 60.4 Å². The summed E-state index contributed by atoms with van der Waals surface area (Å²) in [5.41, 5.74) is 0. The SMILES string of the molecule is O=C(O)C1CC(=O)C(C(=O)O)CC1=O.[H-].[Na+]. The third kappa shape index (κ3) is 3.12. The van der Waals surface area contributed by atoms with Gasteiger partial charge in [-0.1, -0.05) is 0 Å². The second kappa shape index (κ2) is 5.39. The van der Waals surface area contributed by atoms with Crippen LogP contribution in [0.1, 0.15) is 14.3 Å². The van der Waals surface area contributed by atoms with Gasteiger partial charge in [-0.2, -0.15) is 0 Å². The van der Waals surface area contributed by atoms with E-state index in [0.717, 1.165) is 0 Å². The quantitative estimate of drug-likeness (QED) is 0.371. The zero-order valence-electron chi connectivity index (χ0n) is 9.10. The predicted molar refractivity (Wildman–Crippen MR) is 42.6 cm³/mol. The Labute approximate surface area is 108 Å². The maximum atomic E-state index is 11.1. The first-order valence-corrected chi connectivity index (χ1v) is 3.94. The number of carbonyl (C=O) groups excluding carboxylic acids is 2. The van der Waals surface area contributed by atoms with E-state index in [9.17, 15) is 19.2 Å². The normalized spacial score (nSPS) is 25.6. The van der Waals surface area contributed by atoms with Crippen LogP contribution in [0.25, 0.3) is 0 Å². The zero-order chi connectivity index (χ0) is 10.9. The van der Waals surface area contributed by atoms with Crippen LogP contribution in [-0.4, -0.2) is 33.7 Å². The monoisotopic (exact) mass is 224 g/mol. The van der Waals surface area contributed by atoms with Crippen LogP contribution in [0.15, 0.2) is 0 Å². The Hall–Kier alpha value is -0.720. The minimum absolute atomic E-state index is 0. The van der Waals surface area contributed by atoms with Gasteiger partial charge in [0.25, 0.3) is 0 Å². The Kier molecular flexibility index (Phi) is 5.13. The van der Waals surface area contributed by atoms with Crippen molar-refractivity contribution in [2.24, 2.45) is 11.8 Å². The number of ketones is 2. The first-order chi connectivity index (χ1) is 6.43. The number of rotatable bonds is 2. The topological polar surface area (TPSA) is 109 Å². The van der Waals surface area contributed by atoms with Crippen molar-refractivity contribution in [1.29, 1.82) is 0 Å². The fraction of sp³-hybridized carbons (Fsp3) is 0.500. The average Bonchev–Trinajstić information content (AvgIpc) is 2.07. The minimum Gasteiger partial charge on any atom is -1.00 e. The molecule has 0 spiro atoms. The van der Waals surface area contributed by atoms with Crippen LogP contribution in [-0.2, 0) is 19.2 Å². The van der Waals surface area contributed by atoms with E-state index in [2.05, 4.69) is 0 Å². The van der Waals surface area contributed by atoms with Gasteiger partial charge in [-0.3, -0.25) is 19.2 Å². The molecule has 2 unspecified atom stereocenters. The number of carboxylic acids is 2. The second-order valence-corrected chi connectivity index (χ2v) is 3.12. The molecule has 1 saturated carbocycles. The molecular weight excluding hydrogens is 215 g/mol. The Bertz CT molecular complexity index is 296. The summed E-state index contributed by atoms with van der Waals surface area (Å²) in [7, 11) is 0. The van der Waals surface area contributed by atoms with E-state index < -0.39 is 48.2 Å². The molecule has 78 valence electrons. The van der Waals surface area contributed by atoms with Crippen molar-refractivity contribution in [3.63, 3.8) is 0 Å². The van der Waals surface area contributed by atoms with Crippen LogP contribution >= 0.6 is 0 Å². The van der Waals surface area contributed by atoms with Crippen LogP contribution in [0.3, 0.4) is 0 Å². The van der Waals surface area contributed by atoms with Gasteiger partial charge in [-0.05, 0) is 0 Å². The van der Waals surface area contributed by atoms with E-state index in [1.54, 1.807) is 0 Å². The molecule has 0 heterocycles. The van der Waals surface area contributed by atoms with Crippen molar-refractivity contribution in [3.8, 4) is 0 Å². The molecule has 0 aromatic heterocycles. The van der Waals surface area contributed by atoms with Gasteiger partial charge in [-0.15, -0.1) is 0 Å². The molecular formula is C8H9NaO6. The molecule has 2 atom stereocenters. The summed E-state index contributed by atoms with van der Waals surface area (Å²) in [4.78, 5) is 43.1. The fourth-order valence-electron chi connectivity index (χ4n) is 1.36. The summed E-state index contributed by atoms with van der Waals surface area (Å²) in [5.74, 6) is -6.84. The van der Waals surface area contributed by atoms with Crippen LogP contribution < -0.4 is 29.6 Å². The van der Waals surface area contributed by atoms with E-state index in [1.807, 2.05) is 0 Å². The number of hydrogen-bond donors (Lipinski definition) is 2. The van der Waals surface area contributed by atoms with E-state index in [1.165, 1.54) is 0 Å². The van der Waals surface area contributed by atoms with Gasteiger partial charge in [0.1, 0.15) is 23.4 Å². The molecule has 0 aliphatic heterocycles. The van der Waals surface area contributed by atoms with Crippen LogP contribution in [0, 0.1) is 11.8 Å². The molecule has 1 fully saturated rings. The molecule has 1 rings (SSSR count). The summed E-state index contributed by atoms with van der Waals surface area (Å²) in [6.45, 7) is 0. The molecule has 0 aromatic carbocycles. The molecule has 0 aromatic rings. The molecule has 6 nitrogen and oxygen atoms in total. The van der Waals surface area contributed by atoms with Crippen molar-refractivity contribution in [1.82, 2.24) is 0 Å². The molecule has 7 heteroatoms. The summed E-state index contributed by atoms with van der Waals surface area (Å²) in [6.07, 6.45) is -1.02. The third-order valence-corrected chi connectivity index (χ3v) is 2.18. The Balaban J connectivity index is 0. The Morgan fingerprint density at radius 2 is 1.27 bits per heavy atom. The fourth-order valence-corrected chi connectivity index (χ4v) is 1.36. The van der Waals surface area contributed by atoms with Crippen LogP contribution in [0.2, 0.25) is 0 Å². The molecule has 1 aliphatic rings. The molecule has 2 N–H and O–H groups in total. The first-order valence-electron chi connectivity index (χ1n) is 3.94. The van der Waals surface area contributed by atoms with Crippen molar-refractivity contribution >= 4 is 23.5 Å².